The Hall–Kier alpha value is -4.82. The third-order valence-electron chi connectivity index (χ3n) is 8.67. The molecule has 0 spiro atoms. The van der Waals surface area contributed by atoms with Gasteiger partial charge >= 0.3 is 11.9 Å². The highest BCUT2D eigenvalue weighted by Gasteiger charge is 2.30. The van der Waals surface area contributed by atoms with E-state index in [0.717, 1.165) is 12.4 Å². The van der Waals surface area contributed by atoms with Gasteiger partial charge in [-0.05, 0) is 47.6 Å². The van der Waals surface area contributed by atoms with E-state index in [0.29, 0.717) is 33.0 Å². The Morgan fingerprint density at radius 2 is 0.940 bits per heavy atom. The molecule has 4 rings (SSSR count). The summed E-state index contributed by atoms with van der Waals surface area (Å²) >= 11 is 8.08. The van der Waals surface area contributed by atoms with Crippen LogP contribution in [0.4, 0.5) is 0 Å². The van der Waals surface area contributed by atoms with Gasteiger partial charge in [0.2, 0.25) is 0 Å². The Morgan fingerprint density at radius 1 is 0.620 bits per heavy atom. The molecule has 0 aliphatic rings. The van der Waals surface area contributed by atoms with E-state index in [1.807, 2.05) is 0 Å². The number of aromatic hydroxyl groups is 6. The smallest absolute Gasteiger partial charge is 0.329 e. The highest BCUT2D eigenvalue weighted by molar-refractivity contribution is 7.80. The summed E-state index contributed by atoms with van der Waals surface area (Å²) in [7, 11) is 0. The zero-order valence-electron chi connectivity index (χ0n) is 28.2. The molecule has 2 atom stereocenters. The number of carbonyl (C=O) groups is 2. The number of carboxylic acids is 2. The van der Waals surface area contributed by atoms with Gasteiger partial charge in [-0.2, -0.15) is 25.3 Å². The monoisotopic (exact) mass is 724 g/mol. The molecule has 0 bridgehead atoms. The fraction of sp³-hybridized carbons (Fsp3) is 0.333. The lowest BCUT2D eigenvalue weighted by Gasteiger charge is -2.23. The standard InChI is InChI=1S/C36H40N2O10S2/c1-13(2)23-17-7-15(5)25(31(41)27(17)19(29(39)33(23)43)9-37-21(11-49)35(45)46)26-16(6)8-18-24(14(3)4)34(44)30(40)20(28(18)32(26)42)10-38-22(12-50)36(47)48/h7-10,13-14,21-22,39-44,49-50H,11-12H2,1-6H3,(H,45,46)(H,47,48)/t21-,22-/m0/s1. The number of hydrogen-bond acceptors (Lipinski definition) is 12. The molecular weight excluding hydrogens is 685 g/mol. The van der Waals surface area contributed by atoms with Crippen molar-refractivity contribution in [3.05, 3.63) is 45.5 Å². The van der Waals surface area contributed by atoms with Crippen LogP contribution in [0.1, 0.15) is 72.9 Å². The van der Waals surface area contributed by atoms with E-state index >= 15 is 0 Å². The van der Waals surface area contributed by atoms with E-state index in [-0.39, 0.29) is 56.4 Å². The van der Waals surface area contributed by atoms with Crippen molar-refractivity contribution in [3.63, 3.8) is 0 Å². The Morgan fingerprint density at radius 3 is 1.20 bits per heavy atom. The van der Waals surface area contributed by atoms with Gasteiger partial charge in [0.15, 0.2) is 35.1 Å². The van der Waals surface area contributed by atoms with Crippen molar-refractivity contribution in [2.45, 2.75) is 65.5 Å². The molecule has 12 nitrogen and oxygen atoms in total. The van der Waals surface area contributed by atoms with Crippen molar-refractivity contribution in [2.75, 3.05) is 11.5 Å². The molecule has 0 amide bonds. The van der Waals surface area contributed by atoms with Gasteiger partial charge in [0.05, 0.1) is 0 Å². The van der Waals surface area contributed by atoms with Crippen LogP contribution in [0.5, 0.6) is 34.5 Å². The maximum absolute atomic E-state index is 12.1. The maximum atomic E-state index is 12.1. The fourth-order valence-corrected chi connectivity index (χ4v) is 6.83. The number of benzene rings is 4. The first kappa shape index (κ1) is 38.0. The van der Waals surface area contributed by atoms with Gasteiger partial charge in [-0.15, -0.1) is 0 Å². The van der Waals surface area contributed by atoms with Crippen LogP contribution in [-0.2, 0) is 9.59 Å². The molecule has 0 fully saturated rings. The molecule has 50 heavy (non-hydrogen) atoms. The average molecular weight is 725 g/mol. The largest absolute Gasteiger partial charge is 0.507 e. The molecule has 0 saturated heterocycles. The van der Waals surface area contributed by atoms with Gasteiger partial charge in [-0.3, -0.25) is 9.98 Å². The minimum Gasteiger partial charge on any atom is -0.507 e. The summed E-state index contributed by atoms with van der Waals surface area (Å²) in [6.07, 6.45) is 2.10. The number of nitrogens with zero attached hydrogens (tertiary/aromatic N) is 2. The maximum Gasteiger partial charge on any atom is 0.329 e. The number of rotatable bonds is 11. The van der Waals surface area contributed by atoms with Gasteiger partial charge in [0, 0.05) is 68.1 Å². The number of aliphatic carboxylic acids is 2. The first-order chi connectivity index (χ1) is 23.4. The lowest BCUT2D eigenvalue weighted by Crippen LogP contribution is -2.19. The highest BCUT2D eigenvalue weighted by Crippen LogP contribution is 2.54. The van der Waals surface area contributed by atoms with Crippen LogP contribution in [0, 0.1) is 13.8 Å². The predicted octanol–water partition coefficient (Wildman–Crippen LogP) is 6.36. The number of carboxylic acid groups (broad SMARTS) is 2. The minimum absolute atomic E-state index is 0.0202. The summed E-state index contributed by atoms with van der Waals surface area (Å²) in [6, 6.07) is 0.710. The molecule has 0 aromatic heterocycles. The Bertz CT molecular complexity index is 1960. The summed E-state index contributed by atoms with van der Waals surface area (Å²) in [5, 5.41) is 88.6. The molecule has 0 saturated carbocycles. The van der Waals surface area contributed by atoms with E-state index in [9.17, 15) is 50.4 Å². The van der Waals surface area contributed by atoms with Crippen LogP contribution < -0.4 is 0 Å². The fourth-order valence-electron chi connectivity index (χ4n) is 6.33. The molecule has 0 aliphatic carbocycles. The number of fused-ring (bicyclic) bond motifs is 2. The van der Waals surface area contributed by atoms with E-state index in [1.54, 1.807) is 53.7 Å². The molecule has 0 aliphatic heterocycles. The SMILES string of the molecule is Cc1cc2c(C(C)C)c(O)c(O)c(C=N[C@@H](CS)C(=O)O)c2c(O)c1-c1c(C)cc2c(C(C)C)c(O)c(O)c(C=N[C@@H](CS)C(=O)O)c2c1O. The topological polar surface area (TPSA) is 221 Å². The quantitative estimate of drug-likeness (QED) is 0.0468. The van der Waals surface area contributed by atoms with Crippen molar-refractivity contribution >= 4 is 71.2 Å². The zero-order chi connectivity index (χ0) is 37.5. The third kappa shape index (κ3) is 6.44. The molecular formula is C36H40N2O10S2. The van der Waals surface area contributed by atoms with Gasteiger partial charge in [0.1, 0.15) is 11.5 Å². The van der Waals surface area contributed by atoms with Crippen molar-refractivity contribution in [1.82, 2.24) is 0 Å². The second-order valence-electron chi connectivity index (χ2n) is 12.7. The summed E-state index contributed by atoms with van der Waals surface area (Å²) < 4.78 is 0. The number of aliphatic imine (C=N–C) groups is 2. The van der Waals surface area contributed by atoms with Crippen LogP contribution in [0.15, 0.2) is 22.1 Å². The van der Waals surface area contributed by atoms with E-state index in [1.165, 1.54) is 0 Å². The first-order valence-corrected chi connectivity index (χ1v) is 16.9. The normalized spacial score (nSPS) is 13.4. The molecule has 266 valence electrons. The number of aryl methyl sites for hydroxylation is 2. The molecule has 8 N–H and O–H groups in total. The minimum atomic E-state index is -1.30. The Balaban J connectivity index is 2.24. The van der Waals surface area contributed by atoms with Crippen molar-refractivity contribution in [2.24, 2.45) is 9.98 Å². The second-order valence-corrected chi connectivity index (χ2v) is 13.4. The van der Waals surface area contributed by atoms with Crippen LogP contribution in [-0.4, -0.2) is 88.8 Å². The van der Waals surface area contributed by atoms with E-state index in [2.05, 4.69) is 35.2 Å². The lowest BCUT2D eigenvalue weighted by molar-refractivity contribution is -0.138. The van der Waals surface area contributed by atoms with Crippen LogP contribution in [0.2, 0.25) is 0 Å². The van der Waals surface area contributed by atoms with Gasteiger partial charge in [-0.1, -0.05) is 39.8 Å². The number of phenols is 6. The van der Waals surface area contributed by atoms with Gasteiger partial charge in [-0.25, -0.2) is 9.59 Å². The highest BCUT2D eigenvalue weighted by atomic mass is 32.1. The lowest BCUT2D eigenvalue weighted by atomic mass is 9.83. The van der Waals surface area contributed by atoms with Crippen molar-refractivity contribution in [1.29, 1.82) is 0 Å². The summed E-state index contributed by atoms with van der Waals surface area (Å²) in [6.45, 7) is 10.5. The van der Waals surface area contributed by atoms with Crippen LogP contribution in [0.25, 0.3) is 32.7 Å². The molecule has 0 unspecified atom stereocenters. The molecule has 4 aromatic carbocycles. The Kier molecular flexibility index (Phi) is 11.1. The number of thiol groups is 2. The summed E-state index contributed by atoms with van der Waals surface area (Å²) in [5.74, 6) is -6.69. The summed E-state index contributed by atoms with van der Waals surface area (Å²) in [5.41, 5.74) is 1.35. The number of hydrogen-bond donors (Lipinski definition) is 10. The zero-order valence-corrected chi connectivity index (χ0v) is 30.0. The Labute approximate surface area is 298 Å². The van der Waals surface area contributed by atoms with Crippen molar-refractivity contribution in [3.8, 4) is 45.6 Å². The average Bonchev–Trinajstić information content (AvgIpc) is 3.02. The molecule has 4 aromatic rings. The first-order valence-electron chi connectivity index (χ1n) is 15.6. The van der Waals surface area contributed by atoms with Crippen LogP contribution in [0.3, 0.4) is 0 Å². The molecule has 0 radical (unpaired) electrons. The number of phenolic OH excluding ortho intramolecular Hbond substituents is 6. The van der Waals surface area contributed by atoms with Crippen molar-refractivity contribution < 1.29 is 50.4 Å². The second kappa shape index (κ2) is 14.6. The van der Waals surface area contributed by atoms with E-state index < -0.39 is 58.5 Å². The van der Waals surface area contributed by atoms with Gasteiger partial charge in [0.25, 0.3) is 0 Å². The van der Waals surface area contributed by atoms with Crippen LogP contribution >= 0.6 is 25.3 Å². The third-order valence-corrected chi connectivity index (χ3v) is 9.36. The van der Waals surface area contributed by atoms with Gasteiger partial charge < -0.3 is 40.9 Å². The molecule has 0 heterocycles. The predicted molar refractivity (Wildman–Crippen MR) is 200 cm³/mol. The van der Waals surface area contributed by atoms with E-state index in [4.69, 9.17) is 0 Å². The molecule has 14 heteroatoms. The summed E-state index contributed by atoms with van der Waals surface area (Å²) in [4.78, 5) is 31.5.